The minimum absolute atomic E-state index is 0.660. The van der Waals surface area contributed by atoms with Gasteiger partial charge in [0.2, 0.25) is 0 Å². The summed E-state index contributed by atoms with van der Waals surface area (Å²) in [5, 5.41) is 0. The molecule has 3 heteroatoms. The Morgan fingerprint density at radius 3 is 2.77 bits per heavy atom. The Morgan fingerprint density at radius 2 is 2.00 bits per heavy atom. The molecule has 0 amide bonds. The molecule has 2 atom stereocenters. The lowest BCUT2D eigenvalue weighted by molar-refractivity contribution is 0.182. The van der Waals surface area contributed by atoms with Crippen LogP contribution in [0.2, 0.25) is 0 Å². The lowest BCUT2D eigenvalue weighted by Crippen LogP contribution is -2.38. The van der Waals surface area contributed by atoms with Crippen molar-refractivity contribution in [2.75, 3.05) is 26.2 Å². The second-order valence-corrected chi connectivity index (χ2v) is 8.01. The second-order valence-electron chi connectivity index (χ2n) is 6.76. The van der Waals surface area contributed by atoms with E-state index >= 15 is 0 Å². The van der Waals surface area contributed by atoms with E-state index in [1.807, 2.05) is 0 Å². The van der Waals surface area contributed by atoms with Crippen LogP contribution >= 0.6 is 22.6 Å². The van der Waals surface area contributed by atoms with Crippen molar-refractivity contribution in [3.05, 3.63) is 32.9 Å². The Hall–Kier alpha value is -0.130. The highest BCUT2D eigenvalue weighted by Gasteiger charge is 2.32. The molecule has 2 aliphatic rings. The van der Waals surface area contributed by atoms with Crippen molar-refractivity contribution in [1.29, 1.82) is 0 Å². The van der Waals surface area contributed by atoms with Crippen LogP contribution in [-0.4, -0.2) is 42.0 Å². The van der Waals surface area contributed by atoms with Gasteiger partial charge in [-0.3, -0.25) is 9.80 Å². The highest BCUT2D eigenvalue weighted by molar-refractivity contribution is 14.1. The van der Waals surface area contributed by atoms with Crippen molar-refractivity contribution in [2.45, 2.75) is 58.0 Å². The van der Waals surface area contributed by atoms with Gasteiger partial charge in [-0.1, -0.05) is 26.3 Å². The van der Waals surface area contributed by atoms with E-state index in [1.54, 1.807) is 11.1 Å². The number of likely N-dealkylation sites (N-methyl/N-ethyl adjacent to an activating group) is 1. The quantitative estimate of drug-likeness (QED) is 0.532. The van der Waals surface area contributed by atoms with Gasteiger partial charge in [0.25, 0.3) is 0 Å². The van der Waals surface area contributed by atoms with E-state index < -0.39 is 0 Å². The van der Waals surface area contributed by atoms with Gasteiger partial charge in [-0.25, -0.2) is 0 Å². The van der Waals surface area contributed by atoms with Gasteiger partial charge in [-0.15, -0.1) is 0 Å². The first kappa shape index (κ1) is 16.7. The molecule has 1 heterocycles. The molecule has 0 aromatic heterocycles. The number of aryl methyl sites for hydroxylation is 1. The molecule has 1 aromatic carbocycles. The molecule has 0 saturated carbocycles. The molecular formula is C19H29IN2. The second kappa shape index (κ2) is 7.63. The van der Waals surface area contributed by atoms with Gasteiger partial charge in [0.05, 0.1) is 0 Å². The van der Waals surface area contributed by atoms with Crippen molar-refractivity contribution in [1.82, 2.24) is 9.80 Å². The van der Waals surface area contributed by atoms with Gasteiger partial charge < -0.3 is 0 Å². The molecule has 1 aliphatic carbocycles. The summed E-state index contributed by atoms with van der Waals surface area (Å²) in [5.74, 6) is 0. The number of halogens is 1. The maximum absolute atomic E-state index is 2.78. The first-order valence-corrected chi connectivity index (χ1v) is 10.1. The standard InChI is InChI=1S/C19H29IN2/c1-3-21(4-2)17-11-12-22(14-17)19-8-6-5-7-15-9-10-16(20)13-18(15)19/h9-10,13,17,19H,3-8,11-12,14H2,1-2H3. The highest BCUT2D eigenvalue weighted by atomic mass is 127. The Kier molecular flexibility index (Phi) is 5.80. The molecule has 0 radical (unpaired) electrons. The molecule has 122 valence electrons. The summed E-state index contributed by atoms with van der Waals surface area (Å²) in [5.41, 5.74) is 3.24. The third-order valence-electron chi connectivity index (χ3n) is 5.60. The van der Waals surface area contributed by atoms with Crippen LogP contribution in [0.15, 0.2) is 18.2 Å². The van der Waals surface area contributed by atoms with Gasteiger partial charge in [-0.05, 0) is 84.6 Å². The number of benzene rings is 1. The van der Waals surface area contributed by atoms with Crippen molar-refractivity contribution >= 4 is 22.6 Å². The van der Waals surface area contributed by atoms with E-state index in [4.69, 9.17) is 0 Å². The van der Waals surface area contributed by atoms with Gasteiger partial charge in [0.15, 0.2) is 0 Å². The SMILES string of the molecule is CCN(CC)C1CCN(C2CCCCc3ccc(I)cc32)C1. The Morgan fingerprint density at radius 1 is 1.18 bits per heavy atom. The van der Waals surface area contributed by atoms with Gasteiger partial charge >= 0.3 is 0 Å². The van der Waals surface area contributed by atoms with E-state index in [2.05, 4.69) is 64.4 Å². The first-order chi connectivity index (χ1) is 10.7. The zero-order chi connectivity index (χ0) is 15.5. The summed E-state index contributed by atoms with van der Waals surface area (Å²) in [7, 11) is 0. The number of likely N-dealkylation sites (tertiary alicyclic amines) is 1. The van der Waals surface area contributed by atoms with E-state index in [-0.39, 0.29) is 0 Å². The van der Waals surface area contributed by atoms with Crippen LogP contribution < -0.4 is 0 Å². The van der Waals surface area contributed by atoms with Crippen LogP contribution in [0.5, 0.6) is 0 Å². The van der Waals surface area contributed by atoms with E-state index in [0.29, 0.717) is 6.04 Å². The van der Waals surface area contributed by atoms with Crippen LogP contribution in [0.1, 0.15) is 56.7 Å². The smallest absolute Gasteiger partial charge is 0.0351 e. The number of nitrogens with zero attached hydrogens (tertiary/aromatic N) is 2. The lowest BCUT2D eigenvalue weighted by Gasteiger charge is -2.31. The molecular weight excluding hydrogens is 383 g/mol. The fourth-order valence-corrected chi connectivity index (χ4v) is 4.90. The third-order valence-corrected chi connectivity index (χ3v) is 6.28. The molecule has 0 spiro atoms. The Bertz CT molecular complexity index is 498. The first-order valence-electron chi connectivity index (χ1n) is 8.99. The fraction of sp³-hybridized carbons (Fsp3) is 0.684. The van der Waals surface area contributed by atoms with E-state index in [0.717, 1.165) is 6.04 Å². The van der Waals surface area contributed by atoms with Crippen molar-refractivity contribution in [3.63, 3.8) is 0 Å². The molecule has 22 heavy (non-hydrogen) atoms. The van der Waals surface area contributed by atoms with Gasteiger partial charge in [0, 0.05) is 28.7 Å². The predicted octanol–water partition coefficient (Wildman–Crippen LogP) is 4.47. The molecule has 3 rings (SSSR count). The van der Waals surface area contributed by atoms with Crippen LogP contribution in [0, 0.1) is 3.57 Å². The largest absolute Gasteiger partial charge is 0.300 e. The summed E-state index contributed by atoms with van der Waals surface area (Å²) >= 11 is 2.47. The molecule has 2 unspecified atom stereocenters. The number of hydrogen-bond donors (Lipinski definition) is 0. The molecule has 1 aliphatic heterocycles. The average Bonchev–Trinajstić information content (AvgIpc) is 2.90. The summed E-state index contributed by atoms with van der Waals surface area (Å²) in [6.45, 7) is 9.52. The Balaban J connectivity index is 1.79. The maximum atomic E-state index is 2.78. The molecule has 1 fully saturated rings. The molecule has 0 bridgehead atoms. The number of fused-ring (bicyclic) bond motifs is 1. The normalized spacial score (nSPS) is 26.2. The highest BCUT2D eigenvalue weighted by Crippen LogP contribution is 2.36. The molecule has 1 aromatic rings. The maximum Gasteiger partial charge on any atom is 0.0351 e. The minimum Gasteiger partial charge on any atom is -0.300 e. The van der Waals surface area contributed by atoms with Gasteiger partial charge in [0.1, 0.15) is 0 Å². The van der Waals surface area contributed by atoms with E-state index in [9.17, 15) is 0 Å². The van der Waals surface area contributed by atoms with Crippen LogP contribution in [-0.2, 0) is 6.42 Å². The molecule has 2 nitrogen and oxygen atoms in total. The fourth-order valence-electron chi connectivity index (χ4n) is 4.38. The Labute approximate surface area is 149 Å². The summed E-state index contributed by atoms with van der Waals surface area (Å²) in [4.78, 5) is 5.43. The van der Waals surface area contributed by atoms with E-state index in [1.165, 1.54) is 61.9 Å². The molecule has 0 N–H and O–H groups in total. The van der Waals surface area contributed by atoms with Crippen molar-refractivity contribution in [3.8, 4) is 0 Å². The van der Waals surface area contributed by atoms with Gasteiger partial charge in [-0.2, -0.15) is 0 Å². The topological polar surface area (TPSA) is 6.48 Å². The number of rotatable bonds is 4. The van der Waals surface area contributed by atoms with Crippen LogP contribution in [0.25, 0.3) is 0 Å². The summed E-state index contributed by atoms with van der Waals surface area (Å²) < 4.78 is 1.39. The monoisotopic (exact) mass is 412 g/mol. The predicted molar refractivity (Wildman–Crippen MR) is 102 cm³/mol. The molecule has 1 saturated heterocycles. The van der Waals surface area contributed by atoms with Crippen LogP contribution in [0.4, 0.5) is 0 Å². The lowest BCUT2D eigenvalue weighted by atomic mass is 9.98. The summed E-state index contributed by atoms with van der Waals surface area (Å²) in [6.07, 6.45) is 6.70. The average molecular weight is 412 g/mol. The minimum atomic E-state index is 0.660. The third kappa shape index (κ3) is 3.51. The zero-order valence-corrected chi connectivity index (χ0v) is 16.2. The summed E-state index contributed by atoms with van der Waals surface area (Å²) in [6, 6.07) is 8.55. The van der Waals surface area contributed by atoms with Crippen molar-refractivity contribution in [2.24, 2.45) is 0 Å². The van der Waals surface area contributed by atoms with Crippen LogP contribution in [0.3, 0.4) is 0 Å². The number of hydrogen-bond acceptors (Lipinski definition) is 2. The van der Waals surface area contributed by atoms with Crippen molar-refractivity contribution < 1.29 is 0 Å². The zero-order valence-electron chi connectivity index (χ0n) is 14.0.